The minimum Gasteiger partial charge on any atom is -0.478 e. The monoisotopic (exact) mass is 295 g/mol. The number of thioether (sulfide) groups is 1. The first kappa shape index (κ1) is 14.7. The molecule has 3 nitrogen and oxygen atoms in total. The SMILES string of the molecule is N#Cc1cc(C(=O)O)c(CCl)cc1SC(F)(F)F. The molecule has 8 heteroatoms. The zero-order valence-corrected chi connectivity index (χ0v) is 10.2. The summed E-state index contributed by atoms with van der Waals surface area (Å²) in [6.45, 7) is 0. The third-order valence-corrected chi connectivity index (χ3v) is 3.00. The summed E-state index contributed by atoms with van der Waals surface area (Å²) in [4.78, 5) is 10.5. The topological polar surface area (TPSA) is 61.1 Å². The molecule has 18 heavy (non-hydrogen) atoms. The van der Waals surface area contributed by atoms with Crippen LogP contribution in [-0.4, -0.2) is 16.6 Å². The van der Waals surface area contributed by atoms with E-state index in [2.05, 4.69) is 0 Å². The van der Waals surface area contributed by atoms with Crippen LogP contribution in [-0.2, 0) is 5.88 Å². The van der Waals surface area contributed by atoms with Crippen LogP contribution in [0.4, 0.5) is 13.2 Å². The normalized spacial score (nSPS) is 11.1. The second-order valence-corrected chi connectivity index (χ2v) is 4.48. The Kier molecular flexibility index (Phi) is 4.48. The Morgan fingerprint density at radius 3 is 2.50 bits per heavy atom. The Bertz CT molecular complexity index is 525. The van der Waals surface area contributed by atoms with Crippen LogP contribution >= 0.6 is 23.4 Å². The number of alkyl halides is 4. The summed E-state index contributed by atoms with van der Waals surface area (Å²) in [7, 11) is 0. The Hall–Kier alpha value is -1.39. The third-order valence-electron chi connectivity index (χ3n) is 1.93. The van der Waals surface area contributed by atoms with E-state index in [-0.39, 0.29) is 27.5 Å². The van der Waals surface area contributed by atoms with Crippen LogP contribution in [0.15, 0.2) is 17.0 Å². The molecule has 0 unspecified atom stereocenters. The first-order chi connectivity index (χ1) is 8.28. The number of benzene rings is 1. The summed E-state index contributed by atoms with van der Waals surface area (Å²) in [6, 6.07) is 3.41. The lowest BCUT2D eigenvalue weighted by molar-refractivity contribution is -0.0328. The van der Waals surface area contributed by atoms with Crippen molar-refractivity contribution >= 4 is 29.3 Å². The van der Waals surface area contributed by atoms with E-state index < -0.39 is 23.2 Å². The van der Waals surface area contributed by atoms with E-state index in [1.165, 1.54) is 6.07 Å². The minimum absolute atomic E-state index is 0.0370. The maximum Gasteiger partial charge on any atom is 0.446 e. The van der Waals surface area contributed by atoms with Crippen LogP contribution in [0.25, 0.3) is 0 Å². The van der Waals surface area contributed by atoms with Gasteiger partial charge in [0.1, 0.15) is 6.07 Å². The van der Waals surface area contributed by atoms with Crippen molar-refractivity contribution in [2.45, 2.75) is 16.3 Å². The predicted molar refractivity (Wildman–Crippen MR) is 59.6 cm³/mol. The van der Waals surface area contributed by atoms with Gasteiger partial charge in [-0.2, -0.15) is 18.4 Å². The summed E-state index contributed by atoms with van der Waals surface area (Å²) in [6.07, 6.45) is 0. The van der Waals surface area contributed by atoms with Crippen LogP contribution in [0.3, 0.4) is 0 Å². The van der Waals surface area contributed by atoms with Crippen molar-refractivity contribution in [1.82, 2.24) is 0 Å². The molecule has 0 aliphatic carbocycles. The highest BCUT2D eigenvalue weighted by molar-refractivity contribution is 8.00. The largest absolute Gasteiger partial charge is 0.478 e. The first-order valence-electron chi connectivity index (χ1n) is 4.40. The maximum atomic E-state index is 12.3. The lowest BCUT2D eigenvalue weighted by atomic mass is 10.1. The second kappa shape index (κ2) is 5.50. The summed E-state index contributed by atoms with van der Waals surface area (Å²) >= 11 is 5.01. The molecule has 0 spiro atoms. The molecule has 0 fully saturated rings. The fourth-order valence-electron chi connectivity index (χ4n) is 1.23. The van der Waals surface area contributed by atoms with Crippen molar-refractivity contribution in [3.8, 4) is 6.07 Å². The zero-order chi connectivity index (χ0) is 13.9. The third kappa shape index (κ3) is 3.55. The van der Waals surface area contributed by atoms with Gasteiger partial charge in [-0.05, 0) is 29.5 Å². The molecule has 0 atom stereocenters. The summed E-state index contributed by atoms with van der Waals surface area (Å²) in [5, 5.41) is 17.6. The van der Waals surface area contributed by atoms with Gasteiger partial charge in [0.25, 0.3) is 0 Å². The average molecular weight is 296 g/mol. The quantitative estimate of drug-likeness (QED) is 0.683. The number of carboxylic acid groups (broad SMARTS) is 1. The summed E-state index contributed by atoms with van der Waals surface area (Å²) in [5.41, 5.74) is -5.13. The number of aromatic carboxylic acids is 1. The highest BCUT2D eigenvalue weighted by atomic mass is 35.5. The fourth-order valence-corrected chi connectivity index (χ4v) is 2.11. The Morgan fingerprint density at radius 1 is 1.50 bits per heavy atom. The van der Waals surface area contributed by atoms with Gasteiger partial charge in [0.15, 0.2) is 0 Å². The van der Waals surface area contributed by atoms with E-state index in [0.29, 0.717) is 0 Å². The van der Waals surface area contributed by atoms with Crippen LogP contribution in [0.2, 0.25) is 0 Å². The number of rotatable bonds is 3. The van der Waals surface area contributed by atoms with Gasteiger partial charge in [0, 0.05) is 10.8 Å². The Morgan fingerprint density at radius 2 is 2.11 bits per heavy atom. The molecule has 0 saturated carbocycles. The molecule has 0 radical (unpaired) electrons. The number of nitriles is 1. The summed E-state index contributed by atoms with van der Waals surface area (Å²) in [5.74, 6) is -1.59. The Balaban J connectivity index is 3.37. The van der Waals surface area contributed by atoms with Crippen molar-refractivity contribution in [2.24, 2.45) is 0 Å². The van der Waals surface area contributed by atoms with E-state index in [1.54, 1.807) is 0 Å². The van der Waals surface area contributed by atoms with Crippen LogP contribution in [0.1, 0.15) is 21.5 Å². The average Bonchev–Trinajstić information content (AvgIpc) is 2.25. The van der Waals surface area contributed by atoms with Gasteiger partial charge in [-0.15, -0.1) is 11.6 Å². The van der Waals surface area contributed by atoms with Crippen molar-refractivity contribution in [3.63, 3.8) is 0 Å². The molecule has 0 aliphatic rings. The molecular weight excluding hydrogens is 291 g/mol. The number of carbonyl (C=O) groups is 1. The maximum absolute atomic E-state index is 12.3. The van der Waals surface area contributed by atoms with Gasteiger partial charge in [0.05, 0.1) is 11.1 Å². The molecule has 0 heterocycles. The van der Waals surface area contributed by atoms with Gasteiger partial charge in [-0.25, -0.2) is 4.79 Å². The van der Waals surface area contributed by atoms with Gasteiger partial charge in [-0.1, -0.05) is 0 Å². The first-order valence-corrected chi connectivity index (χ1v) is 5.75. The van der Waals surface area contributed by atoms with E-state index in [9.17, 15) is 18.0 Å². The lowest BCUT2D eigenvalue weighted by Crippen LogP contribution is -2.05. The molecule has 0 aliphatic heterocycles. The van der Waals surface area contributed by atoms with Gasteiger partial charge in [0.2, 0.25) is 0 Å². The molecule has 96 valence electrons. The molecule has 1 N–H and O–H groups in total. The van der Waals surface area contributed by atoms with Gasteiger partial charge in [-0.3, -0.25) is 0 Å². The number of hydrogen-bond donors (Lipinski definition) is 1. The number of carboxylic acids is 1. The van der Waals surface area contributed by atoms with Crippen LogP contribution in [0.5, 0.6) is 0 Å². The van der Waals surface area contributed by atoms with E-state index >= 15 is 0 Å². The van der Waals surface area contributed by atoms with Crippen molar-refractivity contribution in [1.29, 1.82) is 5.26 Å². The molecule has 0 saturated heterocycles. The molecule has 1 aromatic carbocycles. The molecule has 1 aromatic rings. The minimum atomic E-state index is -4.56. The van der Waals surface area contributed by atoms with Crippen LogP contribution < -0.4 is 0 Å². The zero-order valence-electron chi connectivity index (χ0n) is 8.58. The number of halogens is 4. The van der Waals surface area contributed by atoms with Gasteiger partial charge >= 0.3 is 11.5 Å². The molecule has 0 aromatic heterocycles. The standard InChI is InChI=1S/C10H5ClF3NO2S/c11-3-5-2-8(18-10(12,13)14)6(4-15)1-7(5)9(16)17/h1-2H,3H2,(H,16,17). The lowest BCUT2D eigenvalue weighted by Gasteiger charge is -2.10. The van der Waals surface area contributed by atoms with Crippen molar-refractivity contribution in [3.05, 3.63) is 28.8 Å². The molecule has 0 bridgehead atoms. The second-order valence-electron chi connectivity index (χ2n) is 3.10. The predicted octanol–water partition coefficient (Wildman–Crippen LogP) is 3.61. The fraction of sp³-hybridized carbons (Fsp3) is 0.200. The highest BCUT2D eigenvalue weighted by Crippen LogP contribution is 2.39. The van der Waals surface area contributed by atoms with E-state index in [1.807, 2.05) is 0 Å². The molecule has 1 rings (SSSR count). The van der Waals surface area contributed by atoms with Crippen molar-refractivity contribution < 1.29 is 23.1 Å². The van der Waals surface area contributed by atoms with Crippen LogP contribution in [0, 0.1) is 11.3 Å². The summed E-state index contributed by atoms with van der Waals surface area (Å²) < 4.78 is 36.8. The Labute approximate surface area is 109 Å². The smallest absolute Gasteiger partial charge is 0.446 e. The van der Waals surface area contributed by atoms with E-state index in [0.717, 1.165) is 12.1 Å². The number of hydrogen-bond acceptors (Lipinski definition) is 3. The molecule has 0 amide bonds. The van der Waals surface area contributed by atoms with E-state index in [4.69, 9.17) is 22.0 Å². The number of nitrogens with zero attached hydrogens (tertiary/aromatic N) is 1. The molecular formula is C10H5ClF3NO2S. The highest BCUT2D eigenvalue weighted by Gasteiger charge is 2.31. The van der Waals surface area contributed by atoms with Crippen molar-refractivity contribution in [2.75, 3.05) is 0 Å². The van der Waals surface area contributed by atoms with Gasteiger partial charge < -0.3 is 5.11 Å².